The first kappa shape index (κ1) is 26.2. The molecule has 2 aliphatic rings. The number of nitrogens with one attached hydrogen (secondary N) is 1. The molecule has 1 saturated carbocycles. The van der Waals surface area contributed by atoms with Gasteiger partial charge in [0.05, 0.1) is 18.0 Å². The Hall–Kier alpha value is -3.43. The lowest BCUT2D eigenvalue weighted by molar-refractivity contribution is 0.0965. The van der Waals surface area contributed by atoms with Crippen molar-refractivity contribution in [1.82, 2.24) is 19.8 Å². The van der Waals surface area contributed by atoms with Gasteiger partial charge < -0.3 is 20.5 Å². The quantitative estimate of drug-likeness (QED) is 0.349. The highest BCUT2D eigenvalue weighted by atomic mass is 19.1. The maximum absolute atomic E-state index is 14.4. The van der Waals surface area contributed by atoms with Crippen LogP contribution in [0.3, 0.4) is 0 Å². The minimum atomic E-state index is -0.394. The molecule has 2 aromatic carbocycles. The molecule has 0 atom stereocenters. The number of ether oxygens (including phenoxy) is 2. The Bertz CT molecular complexity index is 1230. The molecule has 8 nitrogen and oxygen atoms in total. The Morgan fingerprint density at radius 3 is 2.58 bits per heavy atom. The minimum absolute atomic E-state index is 0.210. The first-order chi connectivity index (χ1) is 18.4. The van der Waals surface area contributed by atoms with E-state index in [1.807, 2.05) is 24.3 Å². The fraction of sp³-hybridized carbons (Fsp3) is 0.448. The average molecular weight is 521 g/mol. The summed E-state index contributed by atoms with van der Waals surface area (Å²) in [6.07, 6.45) is 4.14. The first-order valence-electron chi connectivity index (χ1n) is 13.5. The van der Waals surface area contributed by atoms with Crippen LogP contribution in [0, 0.1) is 11.7 Å². The SMILES string of the molecule is CC(C)N1CCN(CCOc2cc(Nc3nccc(-c4ccc(OCC5CC5)c(N)c4)n3)ccc2F)CC1. The number of rotatable bonds is 11. The van der Waals surface area contributed by atoms with E-state index in [0.29, 0.717) is 48.2 Å². The summed E-state index contributed by atoms with van der Waals surface area (Å²) in [5.74, 6) is 1.57. The summed E-state index contributed by atoms with van der Waals surface area (Å²) in [5, 5.41) is 3.16. The zero-order valence-electron chi connectivity index (χ0n) is 22.2. The van der Waals surface area contributed by atoms with Crippen LogP contribution in [0.25, 0.3) is 11.3 Å². The molecular weight excluding hydrogens is 483 g/mol. The lowest BCUT2D eigenvalue weighted by Gasteiger charge is -2.36. The Morgan fingerprint density at radius 1 is 1.03 bits per heavy atom. The molecule has 3 aromatic rings. The van der Waals surface area contributed by atoms with Crippen molar-refractivity contribution in [3.8, 4) is 22.8 Å². The van der Waals surface area contributed by atoms with Crippen LogP contribution in [0.1, 0.15) is 26.7 Å². The second-order valence-corrected chi connectivity index (χ2v) is 10.4. The molecule has 38 heavy (non-hydrogen) atoms. The molecule has 0 amide bonds. The fourth-order valence-electron chi connectivity index (χ4n) is 4.52. The lowest BCUT2D eigenvalue weighted by atomic mass is 10.1. The van der Waals surface area contributed by atoms with E-state index < -0.39 is 5.82 Å². The van der Waals surface area contributed by atoms with Gasteiger partial charge in [-0.25, -0.2) is 14.4 Å². The van der Waals surface area contributed by atoms with E-state index in [1.54, 1.807) is 18.3 Å². The summed E-state index contributed by atoms with van der Waals surface area (Å²) in [4.78, 5) is 13.8. The van der Waals surface area contributed by atoms with Crippen molar-refractivity contribution >= 4 is 17.3 Å². The van der Waals surface area contributed by atoms with Crippen LogP contribution >= 0.6 is 0 Å². The molecular formula is C29H37FN6O2. The van der Waals surface area contributed by atoms with Gasteiger partial charge >= 0.3 is 0 Å². The topological polar surface area (TPSA) is 88.8 Å². The highest BCUT2D eigenvalue weighted by molar-refractivity contribution is 5.69. The number of hydrogen-bond donors (Lipinski definition) is 2. The predicted octanol–water partition coefficient (Wildman–Crippen LogP) is 4.80. The maximum Gasteiger partial charge on any atom is 0.227 e. The predicted molar refractivity (Wildman–Crippen MR) is 148 cm³/mol. The summed E-state index contributed by atoms with van der Waals surface area (Å²) in [5.41, 5.74) is 9.04. The van der Waals surface area contributed by atoms with Gasteiger partial charge in [-0.15, -0.1) is 0 Å². The molecule has 2 fully saturated rings. The van der Waals surface area contributed by atoms with E-state index in [9.17, 15) is 4.39 Å². The van der Waals surface area contributed by atoms with Crippen molar-refractivity contribution in [2.24, 2.45) is 5.92 Å². The molecule has 0 radical (unpaired) electrons. The van der Waals surface area contributed by atoms with Crippen molar-refractivity contribution in [2.75, 3.05) is 57.0 Å². The lowest BCUT2D eigenvalue weighted by Crippen LogP contribution is -2.49. The van der Waals surface area contributed by atoms with E-state index in [0.717, 1.165) is 44.0 Å². The largest absolute Gasteiger partial charge is 0.491 e. The van der Waals surface area contributed by atoms with Gasteiger partial charge in [-0.3, -0.25) is 9.80 Å². The number of benzene rings is 2. The van der Waals surface area contributed by atoms with E-state index in [-0.39, 0.29) is 5.75 Å². The van der Waals surface area contributed by atoms with E-state index in [4.69, 9.17) is 15.2 Å². The molecule has 1 aromatic heterocycles. The van der Waals surface area contributed by atoms with E-state index in [1.165, 1.54) is 18.9 Å². The molecule has 0 bridgehead atoms. The number of piperazine rings is 1. The third-order valence-electron chi connectivity index (χ3n) is 7.12. The number of aromatic nitrogens is 2. The fourth-order valence-corrected chi connectivity index (χ4v) is 4.52. The normalized spacial score (nSPS) is 16.5. The van der Waals surface area contributed by atoms with Gasteiger partial charge in [-0.1, -0.05) is 0 Å². The smallest absolute Gasteiger partial charge is 0.227 e. The standard InChI is InChI=1S/C29H37FN6O2/c1-20(2)36-13-11-35(12-14-36)15-16-37-28-18-23(6-7-24(28)30)33-29-32-10-9-26(34-29)22-5-8-27(25(31)17-22)38-19-21-3-4-21/h5-10,17-18,20-21H,3-4,11-16,19,31H2,1-2H3,(H,32,33,34). The van der Waals surface area contributed by atoms with Gasteiger partial charge in [0.1, 0.15) is 12.4 Å². The van der Waals surface area contributed by atoms with Crippen molar-refractivity contribution in [1.29, 1.82) is 0 Å². The van der Waals surface area contributed by atoms with E-state index in [2.05, 4.69) is 38.9 Å². The molecule has 3 N–H and O–H groups in total. The Kier molecular flexibility index (Phi) is 8.24. The Labute approximate surface area is 224 Å². The van der Waals surface area contributed by atoms with Gasteiger partial charge in [-0.05, 0) is 69.0 Å². The molecule has 202 valence electrons. The Balaban J connectivity index is 1.18. The van der Waals surface area contributed by atoms with Crippen LogP contribution in [0.5, 0.6) is 11.5 Å². The molecule has 9 heteroatoms. The van der Waals surface area contributed by atoms with Gasteiger partial charge in [0.2, 0.25) is 5.95 Å². The molecule has 1 aliphatic heterocycles. The van der Waals surface area contributed by atoms with Crippen molar-refractivity contribution < 1.29 is 13.9 Å². The molecule has 0 spiro atoms. The van der Waals surface area contributed by atoms with Gasteiger partial charge in [0.15, 0.2) is 11.6 Å². The maximum atomic E-state index is 14.4. The molecule has 5 rings (SSSR count). The van der Waals surface area contributed by atoms with Gasteiger partial charge in [-0.2, -0.15) is 0 Å². The first-order valence-corrected chi connectivity index (χ1v) is 13.5. The summed E-state index contributed by atoms with van der Waals surface area (Å²) in [6.45, 7) is 10.5. The van der Waals surface area contributed by atoms with Crippen molar-refractivity contribution in [2.45, 2.75) is 32.7 Å². The summed E-state index contributed by atoms with van der Waals surface area (Å²) < 4.78 is 26.1. The zero-order chi connectivity index (χ0) is 26.5. The third-order valence-corrected chi connectivity index (χ3v) is 7.12. The van der Waals surface area contributed by atoms with Gasteiger partial charge in [0.25, 0.3) is 0 Å². The highest BCUT2D eigenvalue weighted by Gasteiger charge is 2.22. The number of nitrogens with zero attached hydrogens (tertiary/aromatic N) is 4. The monoisotopic (exact) mass is 520 g/mol. The molecule has 1 saturated heterocycles. The van der Waals surface area contributed by atoms with E-state index >= 15 is 0 Å². The summed E-state index contributed by atoms with van der Waals surface area (Å²) >= 11 is 0. The number of hydrogen-bond acceptors (Lipinski definition) is 8. The van der Waals surface area contributed by atoms with Crippen molar-refractivity contribution in [3.05, 3.63) is 54.5 Å². The number of nitrogen functional groups attached to an aromatic ring is 1. The highest BCUT2D eigenvalue weighted by Crippen LogP contribution is 2.33. The average Bonchev–Trinajstić information content (AvgIpc) is 3.75. The number of nitrogens with two attached hydrogens (primary N) is 1. The second kappa shape index (κ2) is 12.0. The van der Waals surface area contributed by atoms with Crippen LogP contribution in [-0.4, -0.2) is 71.7 Å². The van der Waals surface area contributed by atoms with Crippen LogP contribution in [0.4, 0.5) is 21.7 Å². The summed E-state index contributed by atoms with van der Waals surface area (Å²) in [6, 6.07) is 12.8. The van der Waals surface area contributed by atoms with Crippen LogP contribution < -0.4 is 20.5 Å². The molecule has 2 heterocycles. The van der Waals surface area contributed by atoms with Crippen molar-refractivity contribution in [3.63, 3.8) is 0 Å². The number of halogens is 1. The number of anilines is 3. The zero-order valence-corrected chi connectivity index (χ0v) is 22.2. The van der Waals surface area contributed by atoms with Crippen LogP contribution in [0.15, 0.2) is 48.7 Å². The minimum Gasteiger partial charge on any atom is -0.491 e. The van der Waals surface area contributed by atoms with Gasteiger partial charge in [0, 0.05) is 62.3 Å². The molecule has 1 aliphatic carbocycles. The summed E-state index contributed by atoms with van der Waals surface area (Å²) in [7, 11) is 0. The van der Waals surface area contributed by atoms with Crippen LogP contribution in [0.2, 0.25) is 0 Å². The second-order valence-electron chi connectivity index (χ2n) is 10.4. The van der Waals surface area contributed by atoms with Crippen LogP contribution in [-0.2, 0) is 0 Å². The third kappa shape index (κ3) is 6.90. The Morgan fingerprint density at radius 2 is 1.84 bits per heavy atom. The molecule has 0 unspecified atom stereocenters.